The summed E-state index contributed by atoms with van der Waals surface area (Å²) < 4.78 is 4.77. The monoisotopic (exact) mass is 487 g/mol. The Morgan fingerprint density at radius 3 is 2.35 bits per heavy atom. The van der Waals surface area contributed by atoms with E-state index in [2.05, 4.69) is 17.0 Å². The molecule has 6 nitrogen and oxygen atoms in total. The second kappa shape index (κ2) is 9.40. The van der Waals surface area contributed by atoms with Gasteiger partial charge in [0.15, 0.2) is 5.17 Å². The van der Waals surface area contributed by atoms with Crippen LogP contribution in [0.5, 0.6) is 0 Å². The van der Waals surface area contributed by atoms with Gasteiger partial charge in [-0.2, -0.15) is 0 Å². The third-order valence-electron chi connectivity index (χ3n) is 5.49. The Bertz CT molecular complexity index is 1320. The van der Waals surface area contributed by atoms with Gasteiger partial charge in [-0.15, -0.1) is 0 Å². The smallest absolute Gasteiger partial charge is 0.337 e. The number of fused-ring (bicyclic) bond motifs is 1. The fourth-order valence-electron chi connectivity index (χ4n) is 3.72. The number of para-hydroxylation sites is 1. The summed E-state index contributed by atoms with van der Waals surface area (Å²) in [6.45, 7) is 0.420. The summed E-state index contributed by atoms with van der Waals surface area (Å²) in [5.74, 6) is -0.468. The zero-order valence-corrected chi connectivity index (χ0v) is 20.2. The minimum atomic E-state index is -0.400. The normalized spacial score (nSPS) is 18.5. The van der Waals surface area contributed by atoms with Gasteiger partial charge >= 0.3 is 5.97 Å². The summed E-state index contributed by atoms with van der Waals surface area (Å²) in [6.07, 6.45) is 0. The molecule has 0 aromatic heterocycles. The van der Waals surface area contributed by atoms with E-state index < -0.39 is 5.97 Å². The Kier molecular flexibility index (Phi) is 6.17. The summed E-state index contributed by atoms with van der Waals surface area (Å²) in [6, 6.07) is 24.8. The number of amides is 1. The number of aliphatic imine (C=N–C) groups is 1. The average molecular weight is 488 g/mol. The van der Waals surface area contributed by atoms with Crippen LogP contribution in [0.15, 0.2) is 98.7 Å². The van der Waals surface area contributed by atoms with E-state index in [-0.39, 0.29) is 5.91 Å². The fraction of sp³-hybridized carbons (Fsp3) is 0.115. The molecule has 0 atom stereocenters. The number of esters is 1. The Morgan fingerprint density at radius 2 is 1.65 bits per heavy atom. The van der Waals surface area contributed by atoms with Gasteiger partial charge in [-0.25, -0.2) is 9.79 Å². The predicted molar refractivity (Wildman–Crippen MR) is 137 cm³/mol. The molecule has 3 aromatic carbocycles. The van der Waals surface area contributed by atoms with Crippen molar-refractivity contribution in [3.05, 3.63) is 99.9 Å². The standard InChI is InChI=1S/C26H21N3O3S2/c1-28-20-10-6-7-11-21(20)33-24(28)22-23(30)29(16-17-8-4-3-5-9-17)26(34-22)27-19-14-12-18(13-15-19)25(31)32-2/h3-15H,16H2,1-2H3/b24-22-,27-26?. The van der Waals surface area contributed by atoms with Gasteiger partial charge in [-0.05, 0) is 53.7 Å². The lowest BCUT2D eigenvalue weighted by Gasteiger charge is -2.17. The van der Waals surface area contributed by atoms with Gasteiger partial charge < -0.3 is 9.64 Å². The number of methoxy groups -OCH3 is 1. The summed E-state index contributed by atoms with van der Waals surface area (Å²) in [4.78, 5) is 35.7. The Balaban J connectivity index is 1.52. The van der Waals surface area contributed by atoms with E-state index in [4.69, 9.17) is 9.73 Å². The number of carbonyl (C=O) groups is 2. The third kappa shape index (κ3) is 4.22. The Labute approximate surface area is 206 Å². The molecule has 0 N–H and O–H groups in total. The number of hydrogen-bond donors (Lipinski definition) is 0. The van der Waals surface area contributed by atoms with Crippen LogP contribution in [0.3, 0.4) is 0 Å². The molecular formula is C26H21N3O3S2. The second-order valence-corrected chi connectivity index (χ2v) is 9.68. The zero-order valence-electron chi connectivity index (χ0n) is 18.6. The number of amidine groups is 1. The first-order chi connectivity index (χ1) is 16.5. The first kappa shape index (κ1) is 22.3. The quantitative estimate of drug-likeness (QED) is 0.350. The average Bonchev–Trinajstić information content (AvgIpc) is 3.36. The van der Waals surface area contributed by atoms with Crippen LogP contribution in [0.2, 0.25) is 0 Å². The van der Waals surface area contributed by atoms with Gasteiger partial charge in [-0.1, -0.05) is 54.2 Å². The van der Waals surface area contributed by atoms with Crippen LogP contribution in [-0.2, 0) is 16.1 Å². The third-order valence-corrected chi connectivity index (χ3v) is 7.92. The summed E-state index contributed by atoms with van der Waals surface area (Å²) in [5, 5.41) is 1.51. The van der Waals surface area contributed by atoms with Crippen LogP contribution in [0.25, 0.3) is 0 Å². The van der Waals surface area contributed by atoms with E-state index >= 15 is 0 Å². The lowest BCUT2D eigenvalue weighted by Crippen LogP contribution is -2.29. The van der Waals surface area contributed by atoms with Crippen LogP contribution in [0, 0.1) is 0 Å². The highest BCUT2D eigenvalue weighted by molar-refractivity contribution is 8.19. The van der Waals surface area contributed by atoms with Crippen molar-refractivity contribution in [1.82, 2.24) is 4.90 Å². The van der Waals surface area contributed by atoms with Crippen molar-refractivity contribution in [3.8, 4) is 0 Å². The highest BCUT2D eigenvalue weighted by Crippen LogP contribution is 2.50. The minimum Gasteiger partial charge on any atom is -0.465 e. The van der Waals surface area contributed by atoms with Crippen molar-refractivity contribution in [1.29, 1.82) is 0 Å². The number of rotatable bonds is 4. The van der Waals surface area contributed by atoms with E-state index in [1.807, 2.05) is 49.5 Å². The zero-order chi connectivity index (χ0) is 23.7. The number of thioether (sulfide) groups is 2. The molecule has 1 fully saturated rings. The number of carbonyl (C=O) groups excluding carboxylic acids is 2. The molecule has 1 amide bonds. The van der Waals surface area contributed by atoms with Crippen molar-refractivity contribution in [2.45, 2.75) is 11.4 Å². The fourth-order valence-corrected chi connectivity index (χ4v) is 6.07. The first-order valence-electron chi connectivity index (χ1n) is 10.6. The van der Waals surface area contributed by atoms with E-state index in [1.54, 1.807) is 40.9 Å². The molecule has 5 rings (SSSR count). The summed E-state index contributed by atoms with van der Waals surface area (Å²) >= 11 is 2.98. The van der Waals surface area contributed by atoms with Gasteiger partial charge in [-0.3, -0.25) is 9.69 Å². The van der Waals surface area contributed by atoms with Gasteiger partial charge in [0.25, 0.3) is 5.91 Å². The molecule has 0 aliphatic carbocycles. The topological polar surface area (TPSA) is 62.2 Å². The van der Waals surface area contributed by atoms with Crippen molar-refractivity contribution in [2.24, 2.45) is 4.99 Å². The van der Waals surface area contributed by atoms with E-state index in [0.29, 0.717) is 27.9 Å². The molecule has 3 aromatic rings. The highest BCUT2D eigenvalue weighted by atomic mass is 32.2. The molecule has 0 bridgehead atoms. The van der Waals surface area contributed by atoms with Crippen LogP contribution in [0.1, 0.15) is 15.9 Å². The lowest BCUT2D eigenvalue weighted by atomic mass is 10.2. The first-order valence-corrected chi connectivity index (χ1v) is 12.2. The van der Waals surface area contributed by atoms with Gasteiger partial charge in [0, 0.05) is 11.9 Å². The largest absolute Gasteiger partial charge is 0.465 e. The predicted octanol–water partition coefficient (Wildman–Crippen LogP) is 5.65. The Morgan fingerprint density at radius 1 is 0.941 bits per heavy atom. The second-order valence-electron chi connectivity index (χ2n) is 7.67. The van der Waals surface area contributed by atoms with Gasteiger partial charge in [0.2, 0.25) is 0 Å². The molecule has 34 heavy (non-hydrogen) atoms. The molecule has 2 aliphatic rings. The van der Waals surface area contributed by atoms with E-state index in [0.717, 1.165) is 21.2 Å². The van der Waals surface area contributed by atoms with Crippen molar-refractivity contribution >= 4 is 51.9 Å². The molecule has 2 aliphatic heterocycles. The number of ether oxygens (including phenoxy) is 1. The molecule has 170 valence electrons. The molecule has 8 heteroatoms. The molecule has 0 radical (unpaired) electrons. The molecule has 1 saturated heterocycles. The molecular weight excluding hydrogens is 466 g/mol. The molecule has 0 unspecified atom stereocenters. The maximum atomic E-state index is 13.6. The Hall–Kier alpha value is -3.49. The maximum Gasteiger partial charge on any atom is 0.337 e. The van der Waals surface area contributed by atoms with Crippen LogP contribution in [-0.4, -0.2) is 36.1 Å². The minimum absolute atomic E-state index is 0.0686. The van der Waals surface area contributed by atoms with Crippen LogP contribution in [0.4, 0.5) is 11.4 Å². The van der Waals surface area contributed by atoms with Crippen LogP contribution < -0.4 is 4.90 Å². The molecule has 2 heterocycles. The molecule has 0 spiro atoms. The summed E-state index contributed by atoms with van der Waals surface area (Å²) in [5.41, 5.74) is 3.21. The van der Waals surface area contributed by atoms with Gasteiger partial charge in [0.05, 0.1) is 35.6 Å². The SMILES string of the molecule is COC(=O)c1ccc(N=C2S/C(=C3\Sc4ccccc4N3C)C(=O)N2Cc2ccccc2)cc1. The lowest BCUT2D eigenvalue weighted by molar-refractivity contribution is -0.122. The summed E-state index contributed by atoms with van der Waals surface area (Å²) in [7, 11) is 3.33. The van der Waals surface area contributed by atoms with E-state index in [9.17, 15) is 9.59 Å². The molecule has 0 saturated carbocycles. The van der Waals surface area contributed by atoms with Crippen molar-refractivity contribution in [3.63, 3.8) is 0 Å². The number of hydrogen-bond acceptors (Lipinski definition) is 7. The highest BCUT2D eigenvalue weighted by Gasteiger charge is 2.39. The number of nitrogens with zero attached hydrogens (tertiary/aromatic N) is 3. The van der Waals surface area contributed by atoms with Crippen molar-refractivity contribution in [2.75, 3.05) is 19.1 Å². The van der Waals surface area contributed by atoms with E-state index in [1.165, 1.54) is 18.9 Å². The van der Waals surface area contributed by atoms with Gasteiger partial charge in [0.1, 0.15) is 4.91 Å². The van der Waals surface area contributed by atoms with Crippen LogP contribution >= 0.6 is 23.5 Å². The maximum absolute atomic E-state index is 13.6. The number of benzene rings is 3. The van der Waals surface area contributed by atoms with Crippen molar-refractivity contribution < 1.29 is 14.3 Å². The number of anilines is 1.